The van der Waals surface area contributed by atoms with Gasteiger partial charge in [-0.1, -0.05) is 37.1 Å². The molecule has 0 unspecified atom stereocenters. The van der Waals surface area contributed by atoms with Gasteiger partial charge >= 0.3 is 0 Å². The number of nitrogen functional groups attached to an aromatic ring is 1. The number of unbranched alkanes of at least 4 members (excludes halogenated alkanes) is 3. The number of nitrogens with one attached hydrogen (secondary N) is 1. The lowest BCUT2D eigenvalue weighted by molar-refractivity contribution is -0.116. The molecule has 0 atom stereocenters. The van der Waals surface area contributed by atoms with Crippen LogP contribution in [0.3, 0.4) is 0 Å². The lowest BCUT2D eigenvalue weighted by atomic mass is 10.0. The predicted octanol–water partition coefficient (Wildman–Crippen LogP) is 3.08. The molecule has 0 saturated carbocycles. The summed E-state index contributed by atoms with van der Waals surface area (Å²) in [6.07, 6.45) is 3.90. The van der Waals surface area contributed by atoms with E-state index in [2.05, 4.69) is 5.32 Å². The number of anilines is 2. The maximum atomic E-state index is 12.1. The summed E-state index contributed by atoms with van der Waals surface area (Å²) in [7, 11) is -3.75. The molecule has 0 aliphatic rings. The first-order valence-corrected chi connectivity index (χ1v) is 10.6. The highest BCUT2D eigenvalue weighted by atomic mass is 32.2. The van der Waals surface area contributed by atoms with E-state index in [1.165, 1.54) is 24.3 Å². The molecule has 2 rings (SSSR count). The van der Waals surface area contributed by atoms with E-state index >= 15 is 0 Å². The Labute approximate surface area is 165 Å². The van der Waals surface area contributed by atoms with Gasteiger partial charge in [0.15, 0.2) is 5.78 Å². The molecule has 28 heavy (non-hydrogen) atoms. The predicted molar refractivity (Wildman–Crippen MR) is 109 cm³/mol. The summed E-state index contributed by atoms with van der Waals surface area (Å²) < 4.78 is 22.4. The van der Waals surface area contributed by atoms with Gasteiger partial charge in [0.1, 0.15) is 0 Å². The standard InChI is InChI=1S/C20H25N3O4S/c21-17-7-5-6-8-18(17)23-20(25)10-4-2-1-3-9-19(24)15-11-13-16(14-12-15)28(22,26)27/h5-8,11-14H,1-4,9-10,21H2,(H,23,25)(H2,22,26,27). The van der Waals surface area contributed by atoms with Crippen LogP contribution in [0.5, 0.6) is 0 Å². The summed E-state index contributed by atoms with van der Waals surface area (Å²) in [6.45, 7) is 0. The van der Waals surface area contributed by atoms with E-state index in [0.717, 1.165) is 19.3 Å². The number of carbonyl (C=O) groups is 2. The number of carbonyl (C=O) groups excluding carboxylic acids is 2. The minimum absolute atomic E-state index is 0.0143. The van der Waals surface area contributed by atoms with Gasteiger partial charge in [-0.05, 0) is 37.1 Å². The first-order valence-electron chi connectivity index (χ1n) is 9.08. The number of ketones is 1. The summed E-state index contributed by atoms with van der Waals surface area (Å²) >= 11 is 0. The first-order chi connectivity index (χ1) is 13.3. The number of nitrogens with two attached hydrogens (primary N) is 2. The fraction of sp³-hybridized carbons (Fsp3) is 0.300. The number of para-hydroxylation sites is 2. The molecule has 0 bridgehead atoms. The Bertz CT molecular complexity index is 925. The quantitative estimate of drug-likeness (QED) is 0.318. The minimum atomic E-state index is -3.75. The average molecular weight is 404 g/mol. The molecular weight excluding hydrogens is 378 g/mol. The third-order valence-corrected chi connectivity index (χ3v) is 5.23. The van der Waals surface area contributed by atoms with Crippen molar-refractivity contribution in [3.8, 4) is 0 Å². The SMILES string of the molecule is Nc1ccccc1NC(=O)CCCCCCC(=O)c1ccc(S(N)(=O)=O)cc1. The second-order valence-electron chi connectivity index (χ2n) is 6.54. The van der Waals surface area contributed by atoms with Gasteiger partial charge in [-0.15, -0.1) is 0 Å². The third kappa shape index (κ3) is 6.79. The topological polar surface area (TPSA) is 132 Å². The van der Waals surface area contributed by atoms with Crippen LogP contribution in [0.2, 0.25) is 0 Å². The zero-order valence-corrected chi connectivity index (χ0v) is 16.4. The van der Waals surface area contributed by atoms with Crippen LogP contribution in [0.15, 0.2) is 53.4 Å². The number of sulfonamides is 1. The number of Topliss-reactive ketones (excluding diaryl/α,β-unsaturated/α-hetero) is 1. The Morgan fingerprint density at radius 3 is 2.07 bits per heavy atom. The second-order valence-corrected chi connectivity index (χ2v) is 8.10. The molecule has 0 heterocycles. The highest BCUT2D eigenvalue weighted by Crippen LogP contribution is 2.17. The van der Waals surface area contributed by atoms with Crippen molar-refractivity contribution in [2.45, 2.75) is 43.4 Å². The maximum Gasteiger partial charge on any atom is 0.238 e. The van der Waals surface area contributed by atoms with Gasteiger partial charge in [0.2, 0.25) is 15.9 Å². The molecule has 7 nitrogen and oxygen atoms in total. The van der Waals surface area contributed by atoms with E-state index in [0.29, 0.717) is 36.2 Å². The largest absolute Gasteiger partial charge is 0.397 e. The van der Waals surface area contributed by atoms with Crippen LogP contribution >= 0.6 is 0 Å². The van der Waals surface area contributed by atoms with Crippen LogP contribution in [0.25, 0.3) is 0 Å². The van der Waals surface area contributed by atoms with Crippen LogP contribution < -0.4 is 16.2 Å². The van der Waals surface area contributed by atoms with E-state index in [-0.39, 0.29) is 16.6 Å². The minimum Gasteiger partial charge on any atom is -0.397 e. The molecule has 2 aromatic rings. The first kappa shape index (κ1) is 21.6. The highest BCUT2D eigenvalue weighted by molar-refractivity contribution is 7.89. The van der Waals surface area contributed by atoms with E-state index in [1.54, 1.807) is 18.2 Å². The van der Waals surface area contributed by atoms with Gasteiger partial charge in [0.25, 0.3) is 0 Å². The molecule has 150 valence electrons. The van der Waals surface area contributed by atoms with Gasteiger partial charge in [0, 0.05) is 18.4 Å². The van der Waals surface area contributed by atoms with Gasteiger partial charge in [0.05, 0.1) is 16.3 Å². The van der Waals surface area contributed by atoms with Crippen LogP contribution in [0.4, 0.5) is 11.4 Å². The molecule has 2 aromatic carbocycles. The molecule has 0 saturated heterocycles. The van der Waals surface area contributed by atoms with Crippen molar-refractivity contribution in [3.05, 3.63) is 54.1 Å². The fourth-order valence-corrected chi connectivity index (χ4v) is 3.24. The Hall–Kier alpha value is -2.71. The van der Waals surface area contributed by atoms with Crippen molar-refractivity contribution in [1.29, 1.82) is 0 Å². The summed E-state index contributed by atoms with van der Waals surface area (Å²) in [6, 6.07) is 12.7. The summed E-state index contributed by atoms with van der Waals surface area (Å²) in [4.78, 5) is 24.0. The van der Waals surface area contributed by atoms with E-state index < -0.39 is 10.0 Å². The van der Waals surface area contributed by atoms with Crippen LogP contribution in [0.1, 0.15) is 48.9 Å². The maximum absolute atomic E-state index is 12.1. The Morgan fingerprint density at radius 2 is 1.46 bits per heavy atom. The molecule has 0 aromatic heterocycles. The normalized spacial score (nSPS) is 11.2. The fourth-order valence-electron chi connectivity index (χ4n) is 2.72. The van der Waals surface area contributed by atoms with Gasteiger partial charge in [-0.3, -0.25) is 9.59 Å². The van der Waals surface area contributed by atoms with Gasteiger partial charge in [-0.25, -0.2) is 13.6 Å². The van der Waals surface area contributed by atoms with Crippen LogP contribution in [-0.4, -0.2) is 20.1 Å². The summed E-state index contributed by atoms with van der Waals surface area (Å²) in [5.74, 6) is -0.123. The lowest BCUT2D eigenvalue weighted by Gasteiger charge is -2.07. The smallest absolute Gasteiger partial charge is 0.238 e. The van der Waals surface area contributed by atoms with Crippen molar-refractivity contribution < 1.29 is 18.0 Å². The molecular formula is C20H25N3O4S. The number of hydrogen-bond donors (Lipinski definition) is 3. The lowest BCUT2D eigenvalue weighted by Crippen LogP contribution is -2.12. The molecule has 8 heteroatoms. The van der Waals surface area contributed by atoms with Gasteiger partial charge in [-0.2, -0.15) is 0 Å². The van der Waals surface area contributed by atoms with E-state index in [1.807, 2.05) is 6.07 Å². The van der Waals surface area contributed by atoms with E-state index in [9.17, 15) is 18.0 Å². The Kier molecular flexibility index (Phi) is 7.71. The number of rotatable bonds is 10. The molecule has 0 spiro atoms. The molecule has 1 amide bonds. The molecule has 0 aliphatic carbocycles. The highest BCUT2D eigenvalue weighted by Gasteiger charge is 2.10. The monoisotopic (exact) mass is 403 g/mol. The van der Waals surface area contributed by atoms with Crippen molar-refractivity contribution in [3.63, 3.8) is 0 Å². The molecule has 0 aliphatic heterocycles. The number of benzene rings is 2. The van der Waals surface area contributed by atoms with Crippen LogP contribution in [0, 0.1) is 0 Å². The number of amides is 1. The Morgan fingerprint density at radius 1 is 0.857 bits per heavy atom. The summed E-state index contributed by atoms with van der Waals surface area (Å²) in [5.41, 5.74) is 7.40. The third-order valence-electron chi connectivity index (χ3n) is 4.30. The number of primary sulfonamides is 1. The van der Waals surface area contributed by atoms with Crippen molar-refractivity contribution >= 4 is 33.1 Å². The molecule has 0 radical (unpaired) electrons. The number of hydrogen-bond acceptors (Lipinski definition) is 5. The zero-order valence-electron chi connectivity index (χ0n) is 15.6. The Balaban J connectivity index is 1.64. The van der Waals surface area contributed by atoms with Crippen molar-refractivity contribution in [2.24, 2.45) is 5.14 Å². The van der Waals surface area contributed by atoms with Crippen molar-refractivity contribution in [1.82, 2.24) is 0 Å². The van der Waals surface area contributed by atoms with Crippen LogP contribution in [-0.2, 0) is 14.8 Å². The average Bonchev–Trinajstić information content (AvgIpc) is 2.65. The second kappa shape index (κ2) is 10.0. The zero-order chi connectivity index (χ0) is 20.6. The van der Waals surface area contributed by atoms with E-state index in [4.69, 9.17) is 10.9 Å². The summed E-state index contributed by atoms with van der Waals surface area (Å²) in [5, 5.41) is 7.82. The molecule has 0 fully saturated rings. The van der Waals surface area contributed by atoms with Crippen molar-refractivity contribution in [2.75, 3.05) is 11.1 Å². The van der Waals surface area contributed by atoms with Gasteiger partial charge < -0.3 is 11.1 Å². The molecule has 5 N–H and O–H groups in total.